The van der Waals surface area contributed by atoms with E-state index < -0.39 is 0 Å². The molecule has 0 saturated heterocycles. The fourth-order valence-electron chi connectivity index (χ4n) is 2.89. The van der Waals surface area contributed by atoms with Gasteiger partial charge in [0, 0.05) is 58.0 Å². The van der Waals surface area contributed by atoms with Crippen LogP contribution in [0.4, 0.5) is 5.69 Å². The third-order valence-corrected chi connectivity index (χ3v) is 4.12. The molecule has 0 aliphatic carbocycles. The molecule has 0 amide bonds. The van der Waals surface area contributed by atoms with Gasteiger partial charge in [0.15, 0.2) is 11.9 Å². The summed E-state index contributed by atoms with van der Waals surface area (Å²) < 4.78 is 8.11. The second kappa shape index (κ2) is 7.43. The average molecular weight is 395 g/mol. The molecule has 5 heteroatoms. The average Bonchev–Trinajstić information content (AvgIpc) is 2.87. The quantitative estimate of drug-likeness (QED) is 0.594. The molecule has 1 aliphatic heterocycles. The van der Waals surface area contributed by atoms with Crippen LogP contribution in [0, 0.1) is 0 Å². The molecule has 1 radical (unpaired) electrons. The standard InChI is InChI=1S/C19H17N2O.H2O.Y/c1-20-12-11-14(15-7-3-4-8-16(15)20)13-19-21(2)17-9-5-6-10-18(17)22-19;;/h3-13H,1-2H3;1H2;/q+1;;/p-1. The number of benzene rings is 2. The summed E-state index contributed by atoms with van der Waals surface area (Å²) in [4.78, 5) is 2.08. The minimum Gasteiger partial charge on any atom is -0.870 e. The molecule has 3 aromatic rings. The van der Waals surface area contributed by atoms with Gasteiger partial charge in [0.2, 0.25) is 11.4 Å². The van der Waals surface area contributed by atoms with Crippen molar-refractivity contribution >= 4 is 22.7 Å². The summed E-state index contributed by atoms with van der Waals surface area (Å²) >= 11 is 0. The number of fused-ring (bicyclic) bond motifs is 2. The summed E-state index contributed by atoms with van der Waals surface area (Å²) in [6, 6.07) is 18.6. The van der Waals surface area contributed by atoms with Gasteiger partial charge in [-0.3, -0.25) is 0 Å². The van der Waals surface area contributed by atoms with Gasteiger partial charge >= 0.3 is 0 Å². The van der Waals surface area contributed by atoms with E-state index in [9.17, 15) is 0 Å². The number of aryl methyl sites for hydroxylation is 1. The minimum atomic E-state index is 0. The van der Waals surface area contributed by atoms with Crippen molar-refractivity contribution in [1.82, 2.24) is 0 Å². The van der Waals surface area contributed by atoms with Gasteiger partial charge in [0.05, 0.1) is 11.1 Å². The largest absolute Gasteiger partial charge is 0.870 e. The summed E-state index contributed by atoms with van der Waals surface area (Å²) in [6.07, 6.45) is 4.18. The SMILES string of the molecule is CN1C(=Cc2cc[n+](C)c3ccccc23)Oc2ccccc21.[OH-].[Y]. The Bertz CT molecular complexity index is 909. The maximum atomic E-state index is 5.98. The maximum absolute atomic E-state index is 5.98. The predicted octanol–water partition coefficient (Wildman–Crippen LogP) is 3.31. The van der Waals surface area contributed by atoms with Crippen LogP contribution in [0.15, 0.2) is 66.7 Å². The molecular formula is C19H18N2O2Y. The molecule has 0 atom stereocenters. The van der Waals surface area contributed by atoms with E-state index >= 15 is 0 Å². The van der Waals surface area contributed by atoms with Crippen molar-refractivity contribution < 1.29 is 47.5 Å². The Morgan fingerprint density at radius 1 is 1.00 bits per heavy atom. The third-order valence-electron chi connectivity index (χ3n) is 4.12. The number of ether oxygens (including phenoxy) is 1. The zero-order valence-corrected chi connectivity index (χ0v) is 16.5. The number of hydrogen-bond acceptors (Lipinski definition) is 3. The second-order valence-electron chi connectivity index (χ2n) is 5.51. The first-order chi connectivity index (χ1) is 10.7. The molecule has 1 N–H and O–H groups in total. The van der Waals surface area contributed by atoms with E-state index in [1.807, 2.05) is 25.2 Å². The van der Waals surface area contributed by atoms with E-state index in [0.29, 0.717) is 0 Å². The van der Waals surface area contributed by atoms with Crippen molar-refractivity contribution in [3.05, 3.63) is 72.2 Å². The van der Waals surface area contributed by atoms with Crippen molar-refractivity contribution in [1.29, 1.82) is 0 Å². The second-order valence-corrected chi connectivity index (χ2v) is 5.51. The number of rotatable bonds is 1. The molecule has 4 nitrogen and oxygen atoms in total. The van der Waals surface area contributed by atoms with Crippen LogP contribution in [-0.4, -0.2) is 12.5 Å². The first-order valence-electron chi connectivity index (χ1n) is 7.34. The van der Waals surface area contributed by atoms with Gasteiger partial charge in [-0.1, -0.05) is 24.3 Å². The first kappa shape index (κ1) is 18.6. The number of pyridine rings is 1. The molecule has 2 aromatic carbocycles. The van der Waals surface area contributed by atoms with Crippen LogP contribution in [0.5, 0.6) is 5.75 Å². The molecule has 0 unspecified atom stereocenters. The van der Waals surface area contributed by atoms with Crippen LogP contribution in [0.1, 0.15) is 5.56 Å². The molecule has 1 aliphatic rings. The van der Waals surface area contributed by atoms with E-state index in [4.69, 9.17) is 4.74 Å². The van der Waals surface area contributed by atoms with Crippen LogP contribution in [0.3, 0.4) is 0 Å². The Kier molecular flexibility index (Phi) is 5.76. The Morgan fingerprint density at radius 2 is 1.71 bits per heavy atom. The molecule has 0 fully saturated rings. The molecular weight excluding hydrogens is 377 g/mol. The van der Waals surface area contributed by atoms with Gasteiger partial charge in [-0.25, -0.2) is 4.57 Å². The monoisotopic (exact) mass is 395 g/mol. The van der Waals surface area contributed by atoms with Crippen molar-refractivity contribution in [3.8, 4) is 5.75 Å². The van der Waals surface area contributed by atoms with Crippen molar-refractivity contribution in [2.45, 2.75) is 0 Å². The number of para-hydroxylation sites is 3. The first-order valence-corrected chi connectivity index (χ1v) is 7.34. The van der Waals surface area contributed by atoms with Gasteiger partial charge in [0.1, 0.15) is 7.05 Å². The molecule has 0 saturated carbocycles. The summed E-state index contributed by atoms with van der Waals surface area (Å²) in [5.41, 5.74) is 3.46. The Hall–Kier alpha value is -1.75. The number of nitrogens with zero attached hydrogens (tertiary/aromatic N) is 2. The zero-order valence-electron chi connectivity index (χ0n) is 13.7. The predicted molar refractivity (Wildman–Crippen MR) is 90.5 cm³/mol. The molecule has 2 heterocycles. The van der Waals surface area contributed by atoms with Gasteiger partial charge in [-0.15, -0.1) is 0 Å². The van der Waals surface area contributed by atoms with Crippen molar-refractivity contribution in [3.63, 3.8) is 0 Å². The van der Waals surface area contributed by atoms with E-state index in [-0.39, 0.29) is 38.2 Å². The normalized spacial score (nSPS) is 13.9. The van der Waals surface area contributed by atoms with Gasteiger partial charge in [-0.2, -0.15) is 0 Å². The fraction of sp³-hybridized carbons (Fsp3) is 0.105. The maximum Gasteiger partial charge on any atom is 0.212 e. The van der Waals surface area contributed by atoms with Crippen molar-refractivity contribution in [2.24, 2.45) is 7.05 Å². The molecule has 0 spiro atoms. The summed E-state index contributed by atoms with van der Waals surface area (Å²) in [6.45, 7) is 0. The van der Waals surface area contributed by atoms with E-state index in [1.165, 1.54) is 10.9 Å². The number of aromatic nitrogens is 1. The Morgan fingerprint density at radius 3 is 2.50 bits per heavy atom. The summed E-state index contributed by atoms with van der Waals surface area (Å²) in [5, 5.41) is 1.22. The molecule has 24 heavy (non-hydrogen) atoms. The topological polar surface area (TPSA) is 46.4 Å². The van der Waals surface area contributed by atoms with Crippen LogP contribution >= 0.6 is 0 Å². The zero-order chi connectivity index (χ0) is 15.1. The fourth-order valence-corrected chi connectivity index (χ4v) is 2.89. The van der Waals surface area contributed by atoms with Crippen LogP contribution in [-0.2, 0) is 39.8 Å². The number of anilines is 1. The molecule has 1 aromatic heterocycles. The third kappa shape index (κ3) is 3.10. The van der Waals surface area contributed by atoms with Crippen LogP contribution in [0.2, 0.25) is 0 Å². The van der Waals surface area contributed by atoms with Crippen molar-refractivity contribution in [2.75, 3.05) is 11.9 Å². The van der Waals surface area contributed by atoms with Gasteiger partial charge in [-0.05, 0) is 23.8 Å². The molecule has 4 rings (SSSR count). The smallest absolute Gasteiger partial charge is 0.212 e. The Balaban J connectivity index is 0.00000104. The van der Waals surface area contributed by atoms with Crippen LogP contribution in [0.25, 0.3) is 17.0 Å². The summed E-state index contributed by atoms with van der Waals surface area (Å²) in [7, 11) is 4.09. The Labute approximate surface area is 166 Å². The minimum absolute atomic E-state index is 0. The van der Waals surface area contributed by atoms with Gasteiger partial charge in [0.25, 0.3) is 0 Å². The van der Waals surface area contributed by atoms with Gasteiger partial charge < -0.3 is 15.1 Å². The van der Waals surface area contributed by atoms with E-state index in [2.05, 4.69) is 65.2 Å². The summed E-state index contributed by atoms with van der Waals surface area (Å²) in [5.74, 6) is 1.75. The van der Waals surface area contributed by atoms with Crippen LogP contribution < -0.4 is 14.2 Å². The van der Waals surface area contributed by atoms with E-state index in [0.717, 1.165) is 22.9 Å². The van der Waals surface area contributed by atoms with E-state index in [1.54, 1.807) is 0 Å². The number of hydrogen-bond donors (Lipinski definition) is 0. The molecule has 119 valence electrons. The molecule has 0 bridgehead atoms.